The molecule has 134 valence electrons. The predicted octanol–water partition coefficient (Wildman–Crippen LogP) is 3.53. The molecule has 4 rings (SSSR count). The van der Waals surface area contributed by atoms with Crippen molar-refractivity contribution >= 4 is 32.6 Å². The first kappa shape index (κ1) is 16.8. The molecule has 0 saturated carbocycles. The second-order valence-electron chi connectivity index (χ2n) is 6.49. The summed E-state index contributed by atoms with van der Waals surface area (Å²) in [6, 6.07) is 13.5. The average molecular weight is 370 g/mol. The number of furan rings is 1. The maximum Gasteiger partial charge on any atom is 0.241 e. The Morgan fingerprint density at radius 2 is 1.92 bits per heavy atom. The van der Waals surface area contributed by atoms with Crippen LogP contribution < -0.4 is 10.0 Å². The number of hydrogen-bond acceptors (Lipinski definition) is 4. The number of benzene rings is 2. The molecule has 2 heterocycles. The zero-order chi connectivity index (χ0) is 18.5. The van der Waals surface area contributed by atoms with Gasteiger partial charge in [0.25, 0.3) is 0 Å². The van der Waals surface area contributed by atoms with Gasteiger partial charge in [-0.2, -0.15) is 0 Å². The van der Waals surface area contributed by atoms with Gasteiger partial charge in [0.05, 0.1) is 16.9 Å². The fourth-order valence-corrected chi connectivity index (χ4v) is 4.38. The Morgan fingerprint density at radius 1 is 1.15 bits per heavy atom. The third-order valence-electron chi connectivity index (χ3n) is 4.65. The number of amides is 1. The molecule has 7 heteroatoms. The van der Waals surface area contributed by atoms with Gasteiger partial charge in [0.15, 0.2) is 0 Å². The van der Waals surface area contributed by atoms with Crippen LogP contribution in [0.15, 0.2) is 57.8 Å². The lowest BCUT2D eigenvalue weighted by Gasteiger charge is -2.13. The van der Waals surface area contributed by atoms with Crippen molar-refractivity contribution in [1.82, 2.24) is 4.72 Å². The Morgan fingerprint density at radius 3 is 2.69 bits per heavy atom. The molecule has 26 heavy (non-hydrogen) atoms. The minimum atomic E-state index is -3.76. The molecule has 0 unspecified atom stereocenters. The number of anilines is 1. The van der Waals surface area contributed by atoms with Crippen LogP contribution in [0.3, 0.4) is 0 Å². The van der Waals surface area contributed by atoms with E-state index in [-0.39, 0.29) is 16.7 Å². The lowest BCUT2D eigenvalue weighted by Crippen LogP contribution is -2.26. The third-order valence-corrected chi connectivity index (χ3v) is 6.19. The molecule has 0 bridgehead atoms. The molecule has 1 aliphatic rings. The van der Waals surface area contributed by atoms with Gasteiger partial charge in [-0.1, -0.05) is 18.2 Å². The monoisotopic (exact) mass is 370 g/mol. The number of para-hydroxylation sites is 1. The van der Waals surface area contributed by atoms with Crippen molar-refractivity contribution in [2.45, 2.75) is 30.7 Å². The number of carbonyl (C=O) groups is 1. The normalized spacial score (nSPS) is 17.9. The van der Waals surface area contributed by atoms with Crippen molar-refractivity contribution < 1.29 is 17.6 Å². The Bertz CT molecular complexity index is 1080. The fraction of sp³-hybridized carbons (Fsp3) is 0.211. The molecule has 3 aromatic rings. The van der Waals surface area contributed by atoms with Crippen LogP contribution in [0.1, 0.15) is 37.1 Å². The summed E-state index contributed by atoms with van der Waals surface area (Å²) < 4.78 is 33.9. The standard InChI is InChI=1S/C19H18N2O4S/c1-11-15-10-14(7-8-16(15)20-19(11)22)26(23,24)21-12(2)18-9-13-5-3-4-6-17(13)25-18/h3-12,21H,1-2H3,(H,20,22)/t11-,12+/m0/s1. The van der Waals surface area contributed by atoms with Gasteiger partial charge in [0.1, 0.15) is 11.3 Å². The first-order valence-corrected chi connectivity index (χ1v) is 9.79. The van der Waals surface area contributed by atoms with E-state index >= 15 is 0 Å². The van der Waals surface area contributed by atoms with Gasteiger partial charge < -0.3 is 9.73 Å². The van der Waals surface area contributed by atoms with Gasteiger partial charge in [-0.25, -0.2) is 13.1 Å². The molecule has 2 atom stereocenters. The molecule has 2 aromatic carbocycles. The molecular formula is C19H18N2O4S. The summed E-state index contributed by atoms with van der Waals surface area (Å²) in [4.78, 5) is 11.9. The minimum absolute atomic E-state index is 0.127. The van der Waals surface area contributed by atoms with Crippen LogP contribution in [0.2, 0.25) is 0 Å². The average Bonchev–Trinajstić information content (AvgIpc) is 3.16. The first-order valence-electron chi connectivity index (χ1n) is 8.31. The van der Waals surface area contributed by atoms with Gasteiger partial charge in [0.2, 0.25) is 15.9 Å². The Balaban J connectivity index is 1.62. The Labute approximate surface area is 151 Å². The molecule has 1 aliphatic heterocycles. The van der Waals surface area contributed by atoms with E-state index in [0.29, 0.717) is 22.6 Å². The second kappa shape index (κ2) is 5.96. The zero-order valence-electron chi connectivity index (χ0n) is 14.3. The quantitative estimate of drug-likeness (QED) is 0.735. The molecule has 6 nitrogen and oxygen atoms in total. The fourth-order valence-electron chi connectivity index (χ4n) is 3.14. The molecule has 0 radical (unpaired) electrons. The van der Waals surface area contributed by atoms with E-state index in [1.54, 1.807) is 26.0 Å². The van der Waals surface area contributed by atoms with Crippen LogP contribution in [-0.4, -0.2) is 14.3 Å². The first-order chi connectivity index (χ1) is 12.3. The maximum atomic E-state index is 12.8. The summed E-state index contributed by atoms with van der Waals surface area (Å²) in [5.74, 6) is 0.0484. The number of nitrogens with one attached hydrogen (secondary N) is 2. The van der Waals surface area contributed by atoms with Gasteiger partial charge in [-0.05, 0) is 49.7 Å². The molecule has 0 fully saturated rings. The summed E-state index contributed by atoms with van der Waals surface area (Å²) in [6.07, 6.45) is 0. The van der Waals surface area contributed by atoms with E-state index in [9.17, 15) is 13.2 Å². The van der Waals surface area contributed by atoms with Crippen molar-refractivity contribution in [2.24, 2.45) is 0 Å². The summed E-state index contributed by atoms with van der Waals surface area (Å²) in [6.45, 7) is 3.48. The highest BCUT2D eigenvalue weighted by Crippen LogP contribution is 2.34. The van der Waals surface area contributed by atoms with E-state index in [1.807, 2.05) is 30.3 Å². The number of fused-ring (bicyclic) bond motifs is 2. The van der Waals surface area contributed by atoms with E-state index in [0.717, 1.165) is 5.39 Å². The van der Waals surface area contributed by atoms with Crippen LogP contribution >= 0.6 is 0 Å². The lowest BCUT2D eigenvalue weighted by molar-refractivity contribution is -0.116. The highest BCUT2D eigenvalue weighted by atomic mass is 32.2. The molecule has 1 amide bonds. The van der Waals surface area contributed by atoms with Gasteiger partial charge in [0, 0.05) is 11.1 Å². The molecular weight excluding hydrogens is 352 g/mol. The topological polar surface area (TPSA) is 88.4 Å². The highest BCUT2D eigenvalue weighted by molar-refractivity contribution is 7.89. The van der Waals surface area contributed by atoms with Crippen molar-refractivity contribution in [3.05, 3.63) is 59.9 Å². The number of carbonyl (C=O) groups excluding carboxylic acids is 1. The van der Waals surface area contributed by atoms with Crippen molar-refractivity contribution in [3.8, 4) is 0 Å². The predicted molar refractivity (Wildman–Crippen MR) is 98.4 cm³/mol. The smallest absolute Gasteiger partial charge is 0.241 e. The van der Waals surface area contributed by atoms with Gasteiger partial charge in [-0.15, -0.1) is 0 Å². The molecule has 0 spiro atoms. The number of rotatable bonds is 4. The van der Waals surface area contributed by atoms with Crippen LogP contribution in [0.5, 0.6) is 0 Å². The van der Waals surface area contributed by atoms with Crippen molar-refractivity contribution in [2.75, 3.05) is 5.32 Å². The summed E-state index contributed by atoms with van der Waals surface area (Å²) in [5.41, 5.74) is 2.06. The summed E-state index contributed by atoms with van der Waals surface area (Å²) in [7, 11) is -3.76. The molecule has 0 aliphatic carbocycles. The van der Waals surface area contributed by atoms with Crippen molar-refractivity contribution in [1.29, 1.82) is 0 Å². The van der Waals surface area contributed by atoms with Crippen LogP contribution in [-0.2, 0) is 14.8 Å². The largest absolute Gasteiger partial charge is 0.459 e. The third kappa shape index (κ3) is 2.79. The van der Waals surface area contributed by atoms with Crippen LogP contribution in [0.25, 0.3) is 11.0 Å². The number of hydrogen-bond donors (Lipinski definition) is 2. The van der Waals surface area contributed by atoms with E-state index in [1.165, 1.54) is 6.07 Å². The lowest BCUT2D eigenvalue weighted by atomic mass is 10.0. The summed E-state index contributed by atoms with van der Waals surface area (Å²) >= 11 is 0. The number of sulfonamides is 1. The second-order valence-corrected chi connectivity index (χ2v) is 8.20. The van der Waals surface area contributed by atoms with E-state index in [2.05, 4.69) is 10.0 Å². The minimum Gasteiger partial charge on any atom is -0.459 e. The zero-order valence-corrected chi connectivity index (χ0v) is 15.1. The SMILES string of the molecule is C[C@@H]1C(=O)Nc2ccc(S(=O)(=O)N[C@H](C)c3cc4ccccc4o3)cc21. The van der Waals surface area contributed by atoms with Gasteiger partial charge in [-0.3, -0.25) is 4.79 Å². The van der Waals surface area contributed by atoms with E-state index in [4.69, 9.17) is 4.42 Å². The maximum absolute atomic E-state index is 12.8. The van der Waals surface area contributed by atoms with E-state index < -0.39 is 16.1 Å². The van der Waals surface area contributed by atoms with Crippen LogP contribution in [0.4, 0.5) is 5.69 Å². The summed E-state index contributed by atoms with van der Waals surface area (Å²) in [5, 5.41) is 3.66. The molecule has 2 N–H and O–H groups in total. The van der Waals surface area contributed by atoms with Crippen molar-refractivity contribution in [3.63, 3.8) is 0 Å². The highest BCUT2D eigenvalue weighted by Gasteiger charge is 2.29. The van der Waals surface area contributed by atoms with Gasteiger partial charge >= 0.3 is 0 Å². The Hall–Kier alpha value is -2.64. The van der Waals surface area contributed by atoms with Crippen LogP contribution in [0, 0.1) is 0 Å². The molecule has 1 aromatic heterocycles. The Kier molecular flexibility index (Phi) is 3.86. The molecule has 0 saturated heterocycles.